The number of rotatable bonds is 7. The molecule has 0 aliphatic rings. The van der Waals surface area contributed by atoms with Gasteiger partial charge in [0.1, 0.15) is 5.82 Å². The van der Waals surface area contributed by atoms with Crippen molar-refractivity contribution >= 4 is 48.2 Å². The van der Waals surface area contributed by atoms with Gasteiger partial charge in [0.05, 0.1) is 28.4 Å². The molecule has 0 spiro atoms. The van der Waals surface area contributed by atoms with Crippen LogP contribution in [0.2, 0.25) is 10.0 Å². The van der Waals surface area contributed by atoms with Crippen LogP contribution in [0.3, 0.4) is 0 Å². The lowest BCUT2D eigenvalue weighted by molar-refractivity contribution is 0.279. The number of nitrogens with one attached hydrogen (secondary N) is 1. The van der Waals surface area contributed by atoms with Crippen molar-refractivity contribution in [3.05, 3.63) is 40.6 Å². The van der Waals surface area contributed by atoms with Gasteiger partial charge in [0.2, 0.25) is 0 Å². The predicted molar refractivity (Wildman–Crippen MR) is 104 cm³/mol. The SMILES string of the molecule is CN(CCCO[PH](=O)O)c1cc(-c2cn[nH]c2)c2ccc(Cl)c(Cl)c2n1. The van der Waals surface area contributed by atoms with Crippen molar-refractivity contribution in [2.45, 2.75) is 6.42 Å². The molecule has 1 aromatic carbocycles. The van der Waals surface area contributed by atoms with E-state index in [9.17, 15) is 4.57 Å². The van der Waals surface area contributed by atoms with Crippen molar-refractivity contribution in [3.63, 3.8) is 0 Å². The minimum Gasteiger partial charge on any atom is -0.360 e. The van der Waals surface area contributed by atoms with Crippen LogP contribution in [0.15, 0.2) is 30.6 Å². The fourth-order valence-corrected chi connectivity index (χ4v) is 3.31. The Morgan fingerprint density at radius 2 is 2.19 bits per heavy atom. The van der Waals surface area contributed by atoms with Crippen molar-refractivity contribution in [3.8, 4) is 11.1 Å². The normalized spacial score (nSPS) is 12.5. The van der Waals surface area contributed by atoms with Crippen LogP contribution >= 0.6 is 31.5 Å². The molecule has 0 amide bonds. The Labute approximate surface area is 160 Å². The summed E-state index contributed by atoms with van der Waals surface area (Å²) >= 11 is 12.5. The second-order valence-electron chi connectivity index (χ2n) is 5.66. The van der Waals surface area contributed by atoms with Gasteiger partial charge in [-0.1, -0.05) is 29.3 Å². The highest BCUT2D eigenvalue weighted by Crippen LogP contribution is 2.37. The maximum atomic E-state index is 10.6. The van der Waals surface area contributed by atoms with Crippen LogP contribution in [0.1, 0.15) is 6.42 Å². The zero-order valence-corrected chi connectivity index (χ0v) is 16.4. The number of aromatic nitrogens is 3. The smallest absolute Gasteiger partial charge is 0.316 e. The Hall–Kier alpha value is -1.63. The monoisotopic (exact) mass is 414 g/mol. The summed E-state index contributed by atoms with van der Waals surface area (Å²) in [6.45, 7) is 0.796. The molecule has 138 valence electrons. The van der Waals surface area contributed by atoms with E-state index in [2.05, 4.69) is 15.2 Å². The molecular formula is C16H17Cl2N4O3P. The lowest BCUT2D eigenvalue weighted by Gasteiger charge is -2.20. The molecule has 0 aliphatic heterocycles. The summed E-state index contributed by atoms with van der Waals surface area (Å²) in [5.41, 5.74) is 2.45. The Balaban J connectivity index is 1.98. The van der Waals surface area contributed by atoms with Crippen LogP contribution in [0.5, 0.6) is 0 Å². The number of anilines is 1. The van der Waals surface area contributed by atoms with Gasteiger partial charge in [-0.2, -0.15) is 5.10 Å². The summed E-state index contributed by atoms with van der Waals surface area (Å²) < 4.78 is 15.3. The molecule has 0 bridgehead atoms. The molecular weight excluding hydrogens is 398 g/mol. The first-order valence-electron chi connectivity index (χ1n) is 7.82. The van der Waals surface area contributed by atoms with Gasteiger partial charge in [-0.3, -0.25) is 9.66 Å². The molecule has 26 heavy (non-hydrogen) atoms. The van der Waals surface area contributed by atoms with Crippen LogP contribution in [0, 0.1) is 0 Å². The van der Waals surface area contributed by atoms with Gasteiger partial charge in [-0.15, -0.1) is 0 Å². The van der Waals surface area contributed by atoms with Gasteiger partial charge >= 0.3 is 8.25 Å². The Morgan fingerprint density at radius 1 is 1.38 bits per heavy atom. The maximum Gasteiger partial charge on any atom is 0.316 e. The number of halogens is 2. The highest BCUT2D eigenvalue weighted by atomic mass is 35.5. The van der Waals surface area contributed by atoms with Crippen molar-refractivity contribution < 1.29 is 14.0 Å². The molecule has 1 unspecified atom stereocenters. The molecule has 0 saturated heterocycles. The van der Waals surface area contributed by atoms with Crippen LogP contribution in [0.4, 0.5) is 5.82 Å². The topological polar surface area (TPSA) is 91.3 Å². The van der Waals surface area contributed by atoms with Gasteiger partial charge in [0, 0.05) is 30.7 Å². The van der Waals surface area contributed by atoms with E-state index in [0.717, 1.165) is 16.5 Å². The first kappa shape index (κ1) is 19.1. The van der Waals surface area contributed by atoms with Gasteiger partial charge < -0.3 is 14.3 Å². The Morgan fingerprint density at radius 3 is 2.88 bits per heavy atom. The predicted octanol–water partition coefficient (Wildman–Crippen LogP) is 4.16. The van der Waals surface area contributed by atoms with Crippen molar-refractivity contribution in [2.24, 2.45) is 0 Å². The van der Waals surface area contributed by atoms with Gasteiger partial charge in [0.15, 0.2) is 0 Å². The number of aromatic amines is 1. The van der Waals surface area contributed by atoms with E-state index in [-0.39, 0.29) is 6.61 Å². The third kappa shape index (κ3) is 4.19. The zero-order chi connectivity index (χ0) is 18.7. The molecule has 2 N–H and O–H groups in total. The Kier molecular flexibility index (Phi) is 6.16. The lowest BCUT2D eigenvalue weighted by atomic mass is 10.0. The van der Waals surface area contributed by atoms with Gasteiger partial charge in [-0.05, 0) is 24.1 Å². The summed E-state index contributed by atoms with van der Waals surface area (Å²) in [6.07, 6.45) is 4.11. The number of hydrogen-bond acceptors (Lipinski definition) is 5. The van der Waals surface area contributed by atoms with Crippen LogP contribution < -0.4 is 4.90 Å². The van der Waals surface area contributed by atoms with Gasteiger partial charge in [-0.25, -0.2) is 4.98 Å². The number of benzene rings is 1. The second kappa shape index (κ2) is 8.37. The molecule has 2 aromatic heterocycles. The molecule has 3 rings (SSSR count). The average molecular weight is 415 g/mol. The van der Waals surface area contributed by atoms with Gasteiger partial charge in [0.25, 0.3) is 0 Å². The zero-order valence-electron chi connectivity index (χ0n) is 13.9. The molecule has 0 fully saturated rings. The molecule has 2 heterocycles. The third-order valence-corrected chi connectivity index (χ3v) is 5.17. The quantitative estimate of drug-likeness (QED) is 0.445. The van der Waals surface area contributed by atoms with E-state index in [1.54, 1.807) is 18.5 Å². The first-order valence-corrected chi connectivity index (χ1v) is 9.84. The number of pyridine rings is 1. The molecule has 3 aromatic rings. The van der Waals surface area contributed by atoms with Crippen LogP contribution in [-0.4, -0.2) is 40.3 Å². The molecule has 0 aliphatic carbocycles. The van der Waals surface area contributed by atoms with Crippen LogP contribution in [0.25, 0.3) is 22.0 Å². The summed E-state index contributed by atoms with van der Waals surface area (Å²) in [5.74, 6) is 0.703. The Bertz CT molecular complexity index is 937. The van der Waals surface area contributed by atoms with Crippen molar-refractivity contribution in [1.82, 2.24) is 15.2 Å². The van der Waals surface area contributed by atoms with E-state index >= 15 is 0 Å². The fraction of sp³-hybridized carbons (Fsp3) is 0.250. The highest BCUT2D eigenvalue weighted by molar-refractivity contribution is 7.32. The number of fused-ring (bicyclic) bond motifs is 1. The fourth-order valence-electron chi connectivity index (χ4n) is 2.63. The second-order valence-corrected chi connectivity index (χ2v) is 7.27. The first-order chi connectivity index (χ1) is 12.5. The summed E-state index contributed by atoms with van der Waals surface area (Å²) in [7, 11) is -1.02. The molecule has 10 heteroatoms. The van der Waals surface area contributed by atoms with Crippen LogP contribution in [-0.2, 0) is 9.09 Å². The number of H-pyrrole nitrogens is 1. The highest BCUT2D eigenvalue weighted by Gasteiger charge is 2.15. The molecule has 1 atom stereocenters. The lowest BCUT2D eigenvalue weighted by Crippen LogP contribution is -2.20. The molecule has 7 nitrogen and oxygen atoms in total. The largest absolute Gasteiger partial charge is 0.360 e. The maximum absolute atomic E-state index is 10.6. The average Bonchev–Trinajstić information content (AvgIpc) is 3.15. The standard InChI is InChI=1S/C16H17Cl2N4O3P/c1-22(5-2-6-25-26(23)24)14-7-12(10-8-19-20-9-10)11-3-4-13(17)15(18)16(11)21-14/h3-4,7-9,26H,2,5-6H2,1H3,(H,19,20)(H,23,24). The summed E-state index contributed by atoms with van der Waals surface area (Å²) in [6, 6.07) is 5.58. The van der Waals surface area contributed by atoms with E-state index in [1.807, 2.05) is 24.1 Å². The molecule has 0 saturated carbocycles. The minimum atomic E-state index is -2.90. The van der Waals surface area contributed by atoms with E-state index in [4.69, 9.17) is 32.6 Å². The van der Waals surface area contributed by atoms with E-state index in [0.29, 0.717) is 34.3 Å². The minimum absolute atomic E-state index is 0.202. The van der Waals surface area contributed by atoms with E-state index in [1.165, 1.54) is 0 Å². The van der Waals surface area contributed by atoms with Crippen molar-refractivity contribution in [2.75, 3.05) is 25.1 Å². The third-order valence-electron chi connectivity index (χ3n) is 3.92. The number of nitrogens with zero attached hydrogens (tertiary/aromatic N) is 3. The van der Waals surface area contributed by atoms with Crippen molar-refractivity contribution in [1.29, 1.82) is 0 Å². The number of hydrogen-bond donors (Lipinski definition) is 2. The van der Waals surface area contributed by atoms with E-state index < -0.39 is 8.25 Å². The summed E-state index contributed by atoms with van der Waals surface area (Å²) in [5, 5.41) is 8.53. The molecule has 0 radical (unpaired) electrons. The summed E-state index contributed by atoms with van der Waals surface area (Å²) in [4.78, 5) is 15.3.